The first-order valence-corrected chi connectivity index (χ1v) is 4.81. The van der Waals surface area contributed by atoms with E-state index in [1.54, 1.807) is 0 Å². The normalized spacial score (nSPS) is 30.5. The molecule has 12 heavy (non-hydrogen) atoms. The Hall–Kier alpha value is -0.120. The Balaban J connectivity index is 1.89. The second-order valence-corrected chi connectivity index (χ2v) is 4.17. The van der Waals surface area contributed by atoms with Gasteiger partial charge >= 0.3 is 0 Å². The summed E-state index contributed by atoms with van der Waals surface area (Å²) in [6, 6.07) is 0. The fourth-order valence-electron chi connectivity index (χ4n) is 2.00. The van der Waals surface area contributed by atoms with Crippen molar-refractivity contribution in [2.24, 2.45) is 0 Å². The Morgan fingerprint density at radius 3 is 2.17 bits per heavy atom. The number of aliphatic hydroxyl groups is 1. The fourth-order valence-corrected chi connectivity index (χ4v) is 2.00. The highest BCUT2D eigenvalue weighted by atomic mass is 16.3. The summed E-state index contributed by atoms with van der Waals surface area (Å²) in [4.78, 5) is 4.82. The maximum absolute atomic E-state index is 9.22. The molecule has 0 aromatic rings. The first-order valence-electron chi connectivity index (χ1n) is 4.81. The predicted octanol–water partition coefficient (Wildman–Crippen LogP) is -0.241. The van der Waals surface area contributed by atoms with Gasteiger partial charge in [0.25, 0.3) is 0 Å². The molecular formula is C9H18N2O. The summed E-state index contributed by atoms with van der Waals surface area (Å²) >= 11 is 0. The van der Waals surface area contributed by atoms with Gasteiger partial charge in [0.1, 0.15) is 0 Å². The smallest absolute Gasteiger partial charge is 0.0615 e. The lowest BCUT2D eigenvalue weighted by Gasteiger charge is -2.37. The van der Waals surface area contributed by atoms with E-state index in [-0.39, 0.29) is 5.54 Å². The molecular weight excluding hydrogens is 152 g/mol. The molecule has 3 nitrogen and oxygen atoms in total. The topological polar surface area (TPSA) is 26.7 Å². The van der Waals surface area contributed by atoms with E-state index in [1.165, 1.54) is 12.8 Å². The highest BCUT2D eigenvalue weighted by Gasteiger charge is 2.47. The van der Waals surface area contributed by atoms with Gasteiger partial charge in [-0.05, 0) is 19.9 Å². The Bertz CT molecular complexity index is 160. The van der Waals surface area contributed by atoms with Crippen LogP contribution in [0, 0.1) is 0 Å². The predicted molar refractivity (Wildman–Crippen MR) is 48.1 cm³/mol. The minimum Gasteiger partial charge on any atom is -0.394 e. The van der Waals surface area contributed by atoms with Crippen LogP contribution in [0.2, 0.25) is 0 Å². The van der Waals surface area contributed by atoms with Gasteiger partial charge in [-0.3, -0.25) is 4.90 Å². The molecule has 0 amide bonds. The Labute approximate surface area is 74.0 Å². The van der Waals surface area contributed by atoms with Crippen molar-refractivity contribution in [2.45, 2.75) is 18.4 Å². The van der Waals surface area contributed by atoms with Crippen LogP contribution in [0.5, 0.6) is 0 Å². The van der Waals surface area contributed by atoms with Crippen LogP contribution in [0.4, 0.5) is 0 Å². The Morgan fingerprint density at radius 1 is 1.17 bits per heavy atom. The maximum Gasteiger partial charge on any atom is 0.0615 e. The highest BCUT2D eigenvalue weighted by molar-refractivity contribution is 5.04. The van der Waals surface area contributed by atoms with Gasteiger partial charge in [-0.15, -0.1) is 0 Å². The van der Waals surface area contributed by atoms with Gasteiger partial charge in [-0.1, -0.05) is 0 Å². The second-order valence-electron chi connectivity index (χ2n) is 4.17. The standard InChI is InChI=1S/C9H18N2O/c1-10-4-6-11(7-5-10)9(8-12)2-3-9/h12H,2-8H2,1H3. The van der Waals surface area contributed by atoms with Gasteiger partial charge in [0.15, 0.2) is 0 Å². The molecule has 0 aromatic heterocycles. The third-order valence-electron chi connectivity index (χ3n) is 3.30. The zero-order valence-corrected chi connectivity index (χ0v) is 7.79. The van der Waals surface area contributed by atoms with Crippen LogP contribution in [-0.2, 0) is 0 Å². The Kier molecular flexibility index (Phi) is 2.10. The molecule has 0 bridgehead atoms. The van der Waals surface area contributed by atoms with Crippen molar-refractivity contribution in [1.82, 2.24) is 9.80 Å². The molecule has 1 saturated heterocycles. The van der Waals surface area contributed by atoms with Crippen molar-refractivity contribution >= 4 is 0 Å². The van der Waals surface area contributed by atoms with Crippen LogP contribution >= 0.6 is 0 Å². The van der Waals surface area contributed by atoms with E-state index in [9.17, 15) is 5.11 Å². The van der Waals surface area contributed by atoms with Crippen molar-refractivity contribution < 1.29 is 5.11 Å². The summed E-state index contributed by atoms with van der Waals surface area (Å²) in [5, 5.41) is 9.22. The lowest BCUT2D eigenvalue weighted by Crippen LogP contribution is -2.51. The van der Waals surface area contributed by atoms with Gasteiger partial charge in [-0.25, -0.2) is 0 Å². The molecule has 1 aliphatic carbocycles. The van der Waals surface area contributed by atoms with Crippen LogP contribution in [0.1, 0.15) is 12.8 Å². The van der Waals surface area contributed by atoms with E-state index in [4.69, 9.17) is 0 Å². The summed E-state index contributed by atoms with van der Waals surface area (Å²) in [6.07, 6.45) is 2.40. The Morgan fingerprint density at radius 2 is 1.75 bits per heavy atom. The van der Waals surface area contributed by atoms with Crippen LogP contribution in [0.15, 0.2) is 0 Å². The zero-order chi connectivity index (χ0) is 8.60. The first-order chi connectivity index (χ1) is 5.77. The van der Waals surface area contributed by atoms with E-state index < -0.39 is 0 Å². The van der Waals surface area contributed by atoms with E-state index in [0.29, 0.717) is 6.61 Å². The molecule has 0 spiro atoms. The van der Waals surface area contributed by atoms with Gasteiger partial charge in [0, 0.05) is 31.7 Å². The number of rotatable bonds is 2. The van der Waals surface area contributed by atoms with Crippen LogP contribution in [0.25, 0.3) is 0 Å². The molecule has 1 N–H and O–H groups in total. The van der Waals surface area contributed by atoms with Crippen LogP contribution in [0.3, 0.4) is 0 Å². The zero-order valence-electron chi connectivity index (χ0n) is 7.79. The fraction of sp³-hybridized carbons (Fsp3) is 1.00. The van der Waals surface area contributed by atoms with E-state index in [0.717, 1.165) is 26.2 Å². The highest BCUT2D eigenvalue weighted by Crippen LogP contribution is 2.41. The molecule has 2 fully saturated rings. The molecule has 1 heterocycles. The first kappa shape index (κ1) is 8.48. The summed E-state index contributed by atoms with van der Waals surface area (Å²) in [7, 11) is 2.16. The van der Waals surface area contributed by atoms with E-state index >= 15 is 0 Å². The molecule has 1 aliphatic heterocycles. The molecule has 0 radical (unpaired) electrons. The molecule has 0 aromatic carbocycles. The molecule has 3 heteroatoms. The van der Waals surface area contributed by atoms with Gasteiger partial charge < -0.3 is 10.0 Å². The van der Waals surface area contributed by atoms with E-state index in [2.05, 4.69) is 16.8 Å². The largest absolute Gasteiger partial charge is 0.394 e. The average molecular weight is 170 g/mol. The minimum atomic E-state index is 0.210. The number of likely N-dealkylation sites (N-methyl/N-ethyl adjacent to an activating group) is 1. The molecule has 0 atom stereocenters. The number of piperazine rings is 1. The van der Waals surface area contributed by atoms with Crippen molar-refractivity contribution in [2.75, 3.05) is 39.8 Å². The lowest BCUT2D eigenvalue weighted by atomic mass is 10.2. The van der Waals surface area contributed by atoms with Gasteiger partial charge in [0.05, 0.1) is 6.61 Å². The third kappa shape index (κ3) is 1.37. The van der Waals surface area contributed by atoms with Crippen molar-refractivity contribution in [3.8, 4) is 0 Å². The van der Waals surface area contributed by atoms with Crippen molar-refractivity contribution in [3.63, 3.8) is 0 Å². The average Bonchev–Trinajstić information content (AvgIpc) is 2.86. The quantitative estimate of drug-likeness (QED) is 0.619. The summed E-state index contributed by atoms with van der Waals surface area (Å²) in [6.45, 7) is 4.94. The number of aliphatic hydroxyl groups excluding tert-OH is 1. The third-order valence-corrected chi connectivity index (χ3v) is 3.30. The van der Waals surface area contributed by atoms with Crippen LogP contribution in [-0.4, -0.2) is 60.3 Å². The van der Waals surface area contributed by atoms with E-state index in [1.807, 2.05) is 0 Å². The molecule has 70 valence electrons. The SMILES string of the molecule is CN1CCN(C2(CO)CC2)CC1. The monoisotopic (exact) mass is 170 g/mol. The van der Waals surface area contributed by atoms with Gasteiger partial charge in [0.2, 0.25) is 0 Å². The number of nitrogens with zero attached hydrogens (tertiary/aromatic N) is 2. The van der Waals surface area contributed by atoms with Crippen molar-refractivity contribution in [3.05, 3.63) is 0 Å². The summed E-state index contributed by atoms with van der Waals surface area (Å²) < 4.78 is 0. The number of hydrogen-bond donors (Lipinski definition) is 1. The molecule has 2 rings (SSSR count). The second kappa shape index (κ2) is 2.98. The molecule has 2 aliphatic rings. The van der Waals surface area contributed by atoms with Gasteiger partial charge in [-0.2, -0.15) is 0 Å². The molecule has 1 saturated carbocycles. The lowest BCUT2D eigenvalue weighted by molar-refractivity contribution is 0.0608. The summed E-state index contributed by atoms with van der Waals surface area (Å²) in [5.41, 5.74) is 0.210. The minimum absolute atomic E-state index is 0.210. The number of hydrogen-bond acceptors (Lipinski definition) is 3. The van der Waals surface area contributed by atoms with Crippen LogP contribution < -0.4 is 0 Å². The van der Waals surface area contributed by atoms with Crippen molar-refractivity contribution in [1.29, 1.82) is 0 Å². The molecule has 0 unspecified atom stereocenters. The summed E-state index contributed by atoms with van der Waals surface area (Å²) in [5.74, 6) is 0. The maximum atomic E-state index is 9.22.